The summed E-state index contributed by atoms with van der Waals surface area (Å²) in [6.45, 7) is 2.10. The van der Waals surface area contributed by atoms with E-state index in [4.69, 9.17) is 0 Å². The number of rotatable bonds is 0. The van der Waals surface area contributed by atoms with Crippen LogP contribution in [-0.4, -0.2) is 9.97 Å². The van der Waals surface area contributed by atoms with E-state index in [1.807, 2.05) is 6.20 Å². The third kappa shape index (κ3) is 1.02. The van der Waals surface area contributed by atoms with E-state index < -0.39 is 0 Å². The second-order valence-corrected chi connectivity index (χ2v) is 4.42. The molecular weight excluding hydrogens is 192 g/mol. The lowest BCUT2D eigenvalue weighted by Crippen LogP contribution is -1.76. The van der Waals surface area contributed by atoms with Gasteiger partial charge < -0.3 is 0 Å². The SMILES string of the molecule is Cc1ccc2sc3cncnc3c2c1. The van der Waals surface area contributed by atoms with Crippen molar-refractivity contribution in [3.8, 4) is 0 Å². The molecule has 0 N–H and O–H groups in total. The van der Waals surface area contributed by atoms with Gasteiger partial charge in [0.05, 0.1) is 10.2 Å². The van der Waals surface area contributed by atoms with Gasteiger partial charge in [-0.2, -0.15) is 0 Å². The lowest BCUT2D eigenvalue weighted by Gasteiger charge is -1.92. The summed E-state index contributed by atoms with van der Waals surface area (Å²) in [5, 5.41) is 1.24. The summed E-state index contributed by atoms with van der Waals surface area (Å²) in [5.74, 6) is 0. The molecule has 0 aliphatic heterocycles. The standard InChI is InChI=1S/C11H8N2S/c1-7-2-3-9-8(4-7)11-10(14-9)5-12-6-13-11/h2-6H,1H3. The maximum absolute atomic E-state index is 4.31. The lowest BCUT2D eigenvalue weighted by atomic mass is 10.2. The number of benzene rings is 1. The third-order valence-corrected chi connectivity index (χ3v) is 3.38. The predicted molar refractivity (Wildman–Crippen MR) is 59.7 cm³/mol. The quantitative estimate of drug-likeness (QED) is 0.557. The normalized spacial score (nSPS) is 11.2. The van der Waals surface area contributed by atoms with E-state index in [1.54, 1.807) is 17.7 Å². The number of hydrogen-bond donors (Lipinski definition) is 0. The molecule has 1 aromatic carbocycles. The highest BCUT2D eigenvalue weighted by molar-refractivity contribution is 7.25. The van der Waals surface area contributed by atoms with Crippen molar-refractivity contribution in [2.75, 3.05) is 0 Å². The molecule has 2 nitrogen and oxygen atoms in total. The molecule has 14 heavy (non-hydrogen) atoms. The number of nitrogens with zero attached hydrogens (tertiary/aromatic N) is 2. The molecule has 0 amide bonds. The minimum atomic E-state index is 1.07. The number of aryl methyl sites for hydroxylation is 1. The van der Waals surface area contributed by atoms with Crippen molar-refractivity contribution in [3.63, 3.8) is 0 Å². The zero-order valence-corrected chi connectivity index (χ0v) is 8.51. The van der Waals surface area contributed by atoms with Crippen molar-refractivity contribution < 1.29 is 0 Å². The van der Waals surface area contributed by atoms with Gasteiger partial charge in [-0.15, -0.1) is 11.3 Å². The van der Waals surface area contributed by atoms with Gasteiger partial charge in [-0.25, -0.2) is 9.97 Å². The maximum Gasteiger partial charge on any atom is 0.116 e. The highest BCUT2D eigenvalue weighted by Gasteiger charge is 2.04. The fraction of sp³-hybridized carbons (Fsp3) is 0.0909. The molecule has 3 rings (SSSR count). The van der Waals surface area contributed by atoms with Gasteiger partial charge in [-0.05, 0) is 19.1 Å². The van der Waals surface area contributed by atoms with Gasteiger partial charge in [-0.3, -0.25) is 0 Å². The average Bonchev–Trinajstić information content (AvgIpc) is 2.56. The zero-order chi connectivity index (χ0) is 9.54. The minimum absolute atomic E-state index is 1.07. The van der Waals surface area contributed by atoms with Crippen LogP contribution in [0.2, 0.25) is 0 Å². The highest BCUT2D eigenvalue weighted by atomic mass is 32.1. The van der Waals surface area contributed by atoms with Crippen LogP contribution in [0, 0.1) is 6.92 Å². The first kappa shape index (κ1) is 7.88. The second-order valence-electron chi connectivity index (χ2n) is 3.34. The van der Waals surface area contributed by atoms with E-state index in [9.17, 15) is 0 Å². The van der Waals surface area contributed by atoms with Crippen molar-refractivity contribution in [1.82, 2.24) is 9.97 Å². The monoisotopic (exact) mass is 200 g/mol. The van der Waals surface area contributed by atoms with Crippen molar-refractivity contribution in [2.24, 2.45) is 0 Å². The molecule has 2 heterocycles. The van der Waals surface area contributed by atoms with Gasteiger partial charge in [0.15, 0.2) is 0 Å². The van der Waals surface area contributed by atoms with E-state index in [0.717, 1.165) is 10.2 Å². The predicted octanol–water partition coefficient (Wildman–Crippen LogP) is 3.15. The first-order valence-electron chi connectivity index (χ1n) is 4.43. The van der Waals surface area contributed by atoms with Crippen LogP contribution in [0.5, 0.6) is 0 Å². The van der Waals surface area contributed by atoms with E-state index >= 15 is 0 Å². The molecule has 0 spiro atoms. The van der Waals surface area contributed by atoms with Gasteiger partial charge in [-0.1, -0.05) is 11.6 Å². The molecule has 68 valence electrons. The molecule has 0 unspecified atom stereocenters. The molecule has 0 radical (unpaired) electrons. The van der Waals surface area contributed by atoms with Crippen LogP contribution in [0.1, 0.15) is 5.56 Å². The van der Waals surface area contributed by atoms with Crippen LogP contribution in [0.25, 0.3) is 20.3 Å². The molecule has 0 saturated heterocycles. The Morgan fingerprint density at radius 1 is 1.21 bits per heavy atom. The Balaban J connectivity index is 2.58. The van der Waals surface area contributed by atoms with E-state index in [2.05, 4.69) is 35.1 Å². The smallest absolute Gasteiger partial charge is 0.116 e. The lowest BCUT2D eigenvalue weighted by molar-refractivity contribution is 1.23. The van der Waals surface area contributed by atoms with Gasteiger partial charge in [0.2, 0.25) is 0 Å². The summed E-state index contributed by atoms with van der Waals surface area (Å²) in [5.41, 5.74) is 2.35. The molecule has 3 heteroatoms. The summed E-state index contributed by atoms with van der Waals surface area (Å²) >= 11 is 1.75. The van der Waals surface area contributed by atoms with Crippen molar-refractivity contribution in [2.45, 2.75) is 6.92 Å². The van der Waals surface area contributed by atoms with Crippen molar-refractivity contribution in [1.29, 1.82) is 0 Å². The maximum atomic E-state index is 4.31. The second kappa shape index (κ2) is 2.75. The molecule has 0 bridgehead atoms. The third-order valence-electron chi connectivity index (χ3n) is 2.29. The first-order chi connectivity index (χ1) is 6.84. The van der Waals surface area contributed by atoms with Crippen LogP contribution in [0.3, 0.4) is 0 Å². The molecule has 3 aromatic rings. The summed E-state index contributed by atoms with van der Waals surface area (Å²) in [4.78, 5) is 8.34. The zero-order valence-electron chi connectivity index (χ0n) is 7.69. The Labute approximate surface area is 85.2 Å². The summed E-state index contributed by atoms with van der Waals surface area (Å²) in [6, 6.07) is 6.46. The van der Waals surface area contributed by atoms with E-state index in [0.29, 0.717) is 0 Å². The molecule has 0 fully saturated rings. The number of thiophene rings is 1. The topological polar surface area (TPSA) is 25.8 Å². The average molecular weight is 200 g/mol. The molecule has 2 aromatic heterocycles. The van der Waals surface area contributed by atoms with Crippen molar-refractivity contribution >= 4 is 31.6 Å². The molecule has 0 atom stereocenters. The Morgan fingerprint density at radius 3 is 3.07 bits per heavy atom. The van der Waals surface area contributed by atoms with Gasteiger partial charge >= 0.3 is 0 Å². The highest BCUT2D eigenvalue weighted by Crippen LogP contribution is 2.31. The fourth-order valence-corrected chi connectivity index (χ4v) is 2.64. The Bertz CT molecular complexity index is 613. The van der Waals surface area contributed by atoms with E-state index in [-0.39, 0.29) is 0 Å². The largest absolute Gasteiger partial charge is 0.243 e. The molecular formula is C11H8N2S. The number of fused-ring (bicyclic) bond motifs is 3. The number of hydrogen-bond acceptors (Lipinski definition) is 3. The first-order valence-corrected chi connectivity index (χ1v) is 5.25. The van der Waals surface area contributed by atoms with Crippen LogP contribution in [0.4, 0.5) is 0 Å². The van der Waals surface area contributed by atoms with E-state index in [1.165, 1.54) is 15.6 Å². The molecule has 0 saturated carbocycles. The Hall–Kier alpha value is -1.48. The Morgan fingerprint density at radius 2 is 2.14 bits per heavy atom. The Kier molecular flexibility index (Phi) is 1.55. The van der Waals surface area contributed by atoms with Crippen LogP contribution < -0.4 is 0 Å². The van der Waals surface area contributed by atoms with Crippen LogP contribution in [-0.2, 0) is 0 Å². The summed E-state index contributed by atoms with van der Waals surface area (Å²) in [7, 11) is 0. The minimum Gasteiger partial charge on any atom is -0.243 e. The summed E-state index contributed by atoms with van der Waals surface area (Å²) < 4.78 is 2.44. The van der Waals surface area contributed by atoms with Crippen molar-refractivity contribution in [3.05, 3.63) is 36.3 Å². The van der Waals surface area contributed by atoms with Crippen LogP contribution in [0.15, 0.2) is 30.7 Å². The molecule has 0 aliphatic rings. The van der Waals surface area contributed by atoms with Crippen LogP contribution >= 0.6 is 11.3 Å². The van der Waals surface area contributed by atoms with Gasteiger partial charge in [0, 0.05) is 16.3 Å². The molecule has 0 aliphatic carbocycles. The fourth-order valence-electron chi connectivity index (χ4n) is 1.63. The van der Waals surface area contributed by atoms with Gasteiger partial charge in [0.25, 0.3) is 0 Å². The summed E-state index contributed by atoms with van der Waals surface area (Å²) in [6.07, 6.45) is 3.49. The van der Waals surface area contributed by atoms with Gasteiger partial charge in [0.1, 0.15) is 6.33 Å². The number of aromatic nitrogens is 2.